The Labute approximate surface area is 114 Å². The molecule has 18 heavy (non-hydrogen) atoms. The van der Waals surface area contributed by atoms with Gasteiger partial charge < -0.3 is 5.32 Å². The van der Waals surface area contributed by atoms with Crippen molar-refractivity contribution in [3.8, 4) is 0 Å². The second-order valence-corrected chi connectivity index (χ2v) is 6.62. The molecule has 1 N–H and O–H groups in total. The summed E-state index contributed by atoms with van der Waals surface area (Å²) in [5, 5.41) is 3.31. The minimum absolute atomic E-state index is 0.774. The number of nitrogens with one attached hydrogen (secondary N) is 1. The van der Waals surface area contributed by atoms with Crippen LogP contribution < -0.4 is 5.32 Å². The Hall–Kier alpha value is -0.300. The van der Waals surface area contributed by atoms with Gasteiger partial charge in [0.25, 0.3) is 0 Å². The van der Waals surface area contributed by atoms with Crippen LogP contribution in [0.3, 0.4) is 0 Å². The maximum Gasteiger partial charge on any atom is -0.00231 e. The number of hydrogen-bond donors (Lipinski definition) is 1. The van der Waals surface area contributed by atoms with Crippen LogP contribution >= 0.6 is 0 Å². The first kappa shape index (κ1) is 15.8. The molecule has 3 atom stereocenters. The summed E-state index contributed by atoms with van der Waals surface area (Å²) in [5.41, 5.74) is 3.57. The first-order valence-corrected chi connectivity index (χ1v) is 7.91. The van der Waals surface area contributed by atoms with Gasteiger partial charge in [-0.15, -0.1) is 0 Å². The van der Waals surface area contributed by atoms with Crippen LogP contribution in [0.1, 0.15) is 66.2 Å². The second-order valence-electron chi connectivity index (χ2n) is 6.62. The fraction of sp³-hybridized carbons (Fsp3) is 0.882. The zero-order valence-corrected chi connectivity index (χ0v) is 13.2. The molecule has 0 aromatic heterocycles. The maximum atomic E-state index is 3.31. The van der Waals surface area contributed by atoms with E-state index in [2.05, 4.69) is 40.1 Å². The predicted octanol–water partition coefficient (Wildman–Crippen LogP) is 4.78. The van der Waals surface area contributed by atoms with E-state index >= 15 is 0 Å². The van der Waals surface area contributed by atoms with Crippen molar-refractivity contribution in [2.75, 3.05) is 13.6 Å². The first-order valence-electron chi connectivity index (χ1n) is 7.91. The summed E-state index contributed by atoms with van der Waals surface area (Å²) in [5.74, 6) is 2.56. The monoisotopic (exact) mass is 251 g/mol. The highest BCUT2D eigenvalue weighted by molar-refractivity contribution is 5.16. The molecule has 0 aromatic rings. The molecule has 0 aromatic carbocycles. The fourth-order valence-corrected chi connectivity index (χ4v) is 3.55. The summed E-state index contributed by atoms with van der Waals surface area (Å²) in [6.45, 7) is 10.7. The molecule has 0 heterocycles. The van der Waals surface area contributed by atoms with Crippen molar-refractivity contribution in [3.63, 3.8) is 0 Å². The summed E-state index contributed by atoms with van der Waals surface area (Å²) < 4.78 is 0. The summed E-state index contributed by atoms with van der Waals surface area (Å²) in [7, 11) is 2.06. The van der Waals surface area contributed by atoms with Crippen LogP contribution in [0.25, 0.3) is 0 Å². The molecule has 1 nitrogen and oxygen atoms in total. The van der Waals surface area contributed by atoms with Gasteiger partial charge in [-0.25, -0.2) is 0 Å². The van der Waals surface area contributed by atoms with Crippen molar-refractivity contribution in [2.24, 2.45) is 17.8 Å². The van der Waals surface area contributed by atoms with Gasteiger partial charge in [-0.3, -0.25) is 0 Å². The maximum absolute atomic E-state index is 3.31. The van der Waals surface area contributed by atoms with Gasteiger partial charge in [0.15, 0.2) is 0 Å². The zero-order chi connectivity index (χ0) is 13.5. The third kappa shape index (κ3) is 5.14. The van der Waals surface area contributed by atoms with Crippen LogP contribution in [0.2, 0.25) is 0 Å². The van der Waals surface area contributed by atoms with Crippen molar-refractivity contribution in [2.45, 2.75) is 66.2 Å². The van der Waals surface area contributed by atoms with E-state index in [0.29, 0.717) is 0 Å². The summed E-state index contributed by atoms with van der Waals surface area (Å²) >= 11 is 0. The van der Waals surface area contributed by atoms with Crippen LogP contribution in [0.4, 0.5) is 0 Å². The molecule has 0 fully saturated rings. The van der Waals surface area contributed by atoms with E-state index in [0.717, 1.165) is 24.3 Å². The lowest BCUT2D eigenvalue weighted by Gasteiger charge is -2.27. The van der Waals surface area contributed by atoms with E-state index in [1.807, 2.05) is 0 Å². The van der Waals surface area contributed by atoms with Crippen molar-refractivity contribution in [1.82, 2.24) is 5.32 Å². The van der Waals surface area contributed by atoms with E-state index in [4.69, 9.17) is 0 Å². The van der Waals surface area contributed by atoms with Gasteiger partial charge >= 0.3 is 0 Å². The van der Waals surface area contributed by atoms with Crippen molar-refractivity contribution in [1.29, 1.82) is 0 Å². The standard InChI is InChI=1S/C17H33N/c1-6-16-8-7-13(2)9-14(3)10-17(16)11-15(4)12-18-5/h13-15,18H,6-12H2,1-5H3/b17-16+. The normalized spacial score (nSPS) is 31.8. The lowest BCUT2D eigenvalue weighted by Crippen LogP contribution is -2.18. The fourth-order valence-electron chi connectivity index (χ4n) is 3.55. The highest BCUT2D eigenvalue weighted by atomic mass is 14.8. The third-order valence-electron chi connectivity index (χ3n) is 4.41. The average molecular weight is 251 g/mol. The molecule has 3 unspecified atom stereocenters. The highest BCUT2D eigenvalue weighted by Gasteiger charge is 2.18. The van der Waals surface area contributed by atoms with Gasteiger partial charge in [0.2, 0.25) is 0 Å². The molecule has 0 bridgehead atoms. The largest absolute Gasteiger partial charge is 0.319 e. The summed E-state index contributed by atoms with van der Waals surface area (Å²) in [6.07, 6.45) is 8.09. The van der Waals surface area contributed by atoms with E-state index in [1.54, 1.807) is 11.1 Å². The van der Waals surface area contributed by atoms with Crippen molar-refractivity contribution < 1.29 is 0 Å². The Morgan fingerprint density at radius 2 is 1.94 bits per heavy atom. The Morgan fingerprint density at radius 3 is 2.56 bits per heavy atom. The molecule has 0 radical (unpaired) electrons. The van der Waals surface area contributed by atoms with Crippen LogP contribution in [0.15, 0.2) is 11.1 Å². The Balaban J connectivity index is 2.75. The number of hydrogen-bond acceptors (Lipinski definition) is 1. The molecule has 106 valence electrons. The Kier molecular flexibility index (Phi) is 6.99. The Morgan fingerprint density at radius 1 is 1.22 bits per heavy atom. The smallest absolute Gasteiger partial charge is 0.00231 e. The molecule has 0 saturated carbocycles. The minimum atomic E-state index is 0.774. The molecule has 1 aliphatic carbocycles. The van der Waals surface area contributed by atoms with E-state index in [1.165, 1.54) is 38.5 Å². The van der Waals surface area contributed by atoms with Crippen LogP contribution in [-0.4, -0.2) is 13.6 Å². The topological polar surface area (TPSA) is 12.0 Å². The van der Waals surface area contributed by atoms with Gasteiger partial charge in [-0.2, -0.15) is 0 Å². The lowest BCUT2D eigenvalue weighted by molar-refractivity contribution is 0.369. The molecular formula is C17H33N. The molecule has 1 rings (SSSR count). The molecule has 0 amide bonds. The molecule has 0 saturated heterocycles. The van der Waals surface area contributed by atoms with Gasteiger partial charge in [0, 0.05) is 0 Å². The molecule has 0 spiro atoms. The van der Waals surface area contributed by atoms with Crippen molar-refractivity contribution in [3.05, 3.63) is 11.1 Å². The second kappa shape index (κ2) is 7.99. The quantitative estimate of drug-likeness (QED) is 0.693. The van der Waals surface area contributed by atoms with E-state index < -0.39 is 0 Å². The van der Waals surface area contributed by atoms with E-state index in [-0.39, 0.29) is 0 Å². The first-order chi connectivity index (χ1) is 8.56. The molecular weight excluding hydrogens is 218 g/mol. The lowest BCUT2D eigenvalue weighted by atomic mass is 9.80. The Bertz CT molecular complexity index is 267. The van der Waals surface area contributed by atoms with Gasteiger partial charge in [0.05, 0.1) is 0 Å². The van der Waals surface area contributed by atoms with Gasteiger partial charge in [-0.1, -0.05) is 38.8 Å². The van der Waals surface area contributed by atoms with Crippen LogP contribution in [0.5, 0.6) is 0 Å². The van der Waals surface area contributed by atoms with Gasteiger partial charge in [0.1, 0.15) is 0 Å². The zero-order valence-electron chi connectivity index (χ0n) is 13.2. The highest BCUT2D eigenvalue weighted by Crippen LogP contribution is 2.34. The predicted molar refractivity (Wildman–Crippen MR) is 81.8 cm³/mol. The number of rotatable bonds is 5. The SMILES string of the molecule is CC/C1=C(\CC(C)CNC)CC(C)CC(C)CC1. The van der Waals surface area contributed by atoms with Crippen molar-refractivity contribution >= 4 is 0 Å². The molecule has 1 heteroatoms. The summed E-state index contributed by atoms with van der Waals surface area (Å²) in [4.78, 5) is 0. The van der Waals surface area contributed by atoms with Crippen LogP contribution in [-0.2, 0) is 0 Å². The van der Waals surface area contributed by atoms with E-state index in [9.17, 15) is 0 Å². The minimum Gasteiger partial charge on any atom is -0.319 e. The molecule has 1 aliphatic rings. The average Bonchev–Trinajstić information content (AvgIpc) is 2.27. The molecule has 0 aliphatic heterocycles. The third-order valence-corrected chi connectivity index (χ3v) is 4.41. The van der Waals surface area contributed by atoms with Crippen LogP contribution in [0, 0.1) is 17.8 Å². The summed E-state index contributed by atoms with van der Waals surface area (Å²) in [6, 6.07) is 0. The number of allylic oxidation sites excluding steroid dienone is 2. The van der Waals surface area contributed by atoms with Gasteiger partial charge in [-0.05, 0) is 69.9 Å².